The number of hydrogen-bond donors (Lipinski definition) is 2. The van der Waals surface area contributed by atoms with Crippen molar-refractivity contribution in [3.63, 3.8) is 0 Å². The zero-order chi connectivity index (χ0) is 14.1. The molecule has 0 unspecified atom stereocenters. The lowest BCUT2D eigenvalue weighted by Gasteiger charge is -2.25. The van der Waals surface area contributed by atoms with Crippen molar-refractivity contribution >= 4 is 5.82 Å². The monoisotopic (exact) mass is 286 g/mol. The molecule has 1 aromatic heterocycles. The third-order valence-corrected chi connectivity index (χ3v) is 3.95. The molecule has 0 spiro atoms. The maximum Gasteiger partial charge on any atom is 0.231 e. The molecule has 21 heavy (non-hydrogen) atoms. The maximum absolute atomic E-state index is 5.52. The average Bonchev–Trinajstić information content (AvgIpc) is 3.15. The molecule has 2 aliphatic heterocycles. The first-order valence-corrected chi connectivity index (χ1v) is 7.24. The number of para-hydroxylation sites is 1. The molecule has 0 aliphatic carbocycles. The molecule has 6 nitrogen and oxygen atoms in total. The van der Waals surface area contributed by atoms with E-state index in [9.17, 15) is 0 Å². The average molecular weight is 286 g/mol. The molecule has 4 rings (SSSR count). The summed E-state index contributed by atoms with van der Waals surface area (Å²) in [6, 6.07) is 8.03. The predicted octanol–water partition coefficient (Wildman–Crippen LogP) is 1.44. The van der Waals surface area contributed by atoms with Crippen LogP contribution in [0.5, 0.6) is 11.5 Å². The summed E-state index contributed by atoms with van der Waals surface area (Å²) >= 11 is 0. The van der Waals surface area contributed by atoms with Crippen molar-refractivity contribution in [2.75, 3.05) is 25.2 Å². The van der Waals surface area contributed by atoms with E-state index in [1.165, 1.54) is 0 Å². The molecule has 0 saturated heterocycles. The van der Waals surface area contributed by atoms with Crippen LogP contribution in [0.1, 0.15) is 5.56 Å². The van der Waals surface area contributed by atoms with Gasteiger partial charge in [0.2, 0.25) is 6.79 Å². The fourth-order valence-corrected chi connectivity index (χ4v) is 2.86. The van der Waals surface area contributed by atoms with E-state index in [1.807, 2.05) is 29.1 Å². The van der Waals surface area contributed by atoms with Crippen LogP contribution in [-0.4, -0.2) is 29.7 Å². The molecule has 0 radical (unpaired) electrons. The van der Waals surface area contributed by atoms with E-state index in [0.29, 0.717) is 12.7 Å². The number of rotatable bonds is 4. The highest BCUT2D eigenvalue weighted by atomic mass is 16.7. The van der Waals surface area contributed by atoms with Gasteiger partial charge >= 0.3 is 0 Å². The van der Waals surface area contributed by atoms with Crippen molar-refractivity contribution in [2.45, 2.75) is 13.1 Å². The van der Waals surface area contributed by atoms with Crippen LogP contribution in [0.2, 0.25) is 0 Å². The molecule has 0 amide bonds. The lowest BCUT2D eigenvalue weighted by atomic mass is 10.1. The molecule has 110 valence electrons. The molecule has 6 heteroatoms. The van der Waals surface area contributed by atoms with E-state index < -0.39 is 0 Å². The molecular weight excluding hydrogens is 268 g/mol. The van der Waals surface area contributed by atoms with Crippen LogP contribution in [0.25, 0.3) is 0 Å². The Kier molecular flexibility index (Phi) is 3.16. The van der Waals surface area contributed by atoms with E-state index in [4.69, 9.17) is 9.47 Å². The topological polar surface area (TPSA) is 60.3 Å². The first kappa shape index (κ1) is 12.5. The van der Waals surface area contributed by atoms with Crippen LogP contribution >= 0.6 is 0 Å². The number of ether oxygens (including phenoxy) is 2. The van der Waals surface area contributed by atoms with Crippen molar-refractivity contribution in [3.8, 4) is 11.5 Å². The van der Waals surface area contributed by atoms with Gasteiger partial charge in [0.05, 0.1) is 6.20 Å². The fraction of sp³-hybridized carbons (Fsp3) is 0.400. The quantitative estimate of drug-likeness (QED) is 0.890. The van der Waals surface area contributed by atoms with Crippen LogP contribution in [0, 0.1) is 5.92 Å². The van der Waals surface area contributed by atoms with Gasteiger partial charge in [-0.2, -0.15) is 5.10 Å². The number of benzene rings is 1. The Balaban J connectivity index is 1.34. The number of anilines is 1. The van der Waals surface area contributed by atoms with Crippen LogP contribution < -0.4 is 20.1 Å². The Hall–Kier alpha value is -2.21. The zero-order valence-electron chi connectivity index (χ0n) is 11.7. The van der Waals surface area contributed by atoms with Crippen molar-refractivity contribution in [1.29, 1.82) is 0 Å². The summed E-state index contributed by atoms with van der Waals surface area (Å²) in [4.78, 5) is 0. The SMILES string of the molecule is c1cc(CNC[C@@H]2CNc3ccnn3C2)c2c(c1)OCO2. The third kappa shape index (κ3) is 2.42. The normalized spacial score (nSPS) is 19.1. The summed E-state index contributed by atoms with van der Waals surface area (Å²) in [5.41, 5.74) is 1.15. The van der Waals surface area contributed by atoms with E-state index in [2.05, 4.69) is 21.8 Å². The minimum absolute atomic E-state index is 0.320. The number of hydrogen-bond acceptors (Lipinski definition) is 5. The molecule has 2 N–H and O–H groups in total. The zero-order valence-corrected chi connectivity index (χ0v) is 11.7. The van der Waals surface area contributed by atoms with Crippen molar-refractivity contribution in [1.82, 2.24) is 15.1 Å². The Morgan fingerprint density at radius 1 is 1.33 bits per heavy atom. The van der Waals surface area contributed by atoms with Crippen LogP contribution in [0.15, 0.2) is 30.5 Å². The van der Waals surface area contributed by atoms with Gasteiger partial charge in [-0.15, -0.1) is 0 Å². The smallest absolute Gasteiger partial charge is 0.231 e. The van der Waals surface area contributed by atoms with E-state index >= 15 is 0 Å². The molecule has 1 aromatic carbocycles. The minimum atomic E-state index is 0.320. The molecule has 1 atom stereocenters. The van der Waals surface area contributed by atoms with Gasteiger partial charge in [-0.05, 0) is 6.07 Å². The number of nitrogens with zero attached hydrogens (tertiary/aromatic N) is 2. The van der Waals surface area contributed by atoms with Gasteiger partial charge < -0.3 is 20.1 Å². The minimum Gasteiger partial charge on any atom is -0.454 e. The standard InChI is InChI=1S/C15H18N4O2/c1-2-12(15-13(3-1)20-10-21-15)8-16-6-11-7-17-14-4-5-18-19(14)9-11/h1-5,11,16-17H,6-10H2/t11-/m1/s1. The molecule has 0 bridgehead atoms. The highest BCUT2D eigenvalue weighted by molar-refractivity contribution is 5.48. The highest BCUT2D eigenvalue weighted by Crippen LogP contribution is 2.35. The molecule has 2 aliphatic rings. The number of aromatic nitrogens is 2. The van der Waals surface area contributed by atoms with Gasteiger partial charge in [0, 0.05) is 43.7 Å². The molecule has 0 saturated carbocycles. The van der Waals surface area contributed by atoms with Gasteiger partial charge in [0.15, 0.2) is 11.5 Å². The Morgan fingerprint density at radius 2 is 2.33 bits per heavy atom. The van der Waals surface area contributed by atoms with Gasteiger partial charge in [0.25, 0.3) is 0 Å². The highest BCUT2D eigenvalue weighted by Gasteiger charge is 2.19. The third-order valence-electron chi connectivity index (χ3n) is 3.95. The Morgan fingerprint density at radius 3 is 3.33 bits per heavy atom. The van der Waals surface area contributed by atoms with Crippen molar-refractivity contribution in [3.05, 3.63) is 36.0 Å². The van der Waals surface area contributed by atoms with Crippen LogP contribution in [0.3, 0.4) is 0 Å². The second kappa shape index (κ2) is 5.29. The lowest BCUT2D eigenvalue weighted by molar-refractivity contribution is 0.173. The molecular formula is C15H18N4O2. The summed E-state index contributed by atoms with van der Waals surface area (Å²) in [6.07, 6.45) is 1.84. The summed E-state index contributed by atoms with van der Waals surface area (Å²) in [7, 11) is 0. The van der Waals surface area contributed by atoms with Crippen LogP contribution in [0.4, 0.5) is 5.82 Å². The van der Waals surface area contributed by atoms with Gasteiger partial charge in [-0.1, -0.05) is 12.1 Å². The van der Waals surface area contributed by atoms with E-state index in [1.54, 1.807) is 0 Å². The molecule has 3 heterocycles. The molecule has 0 fully saturated rings. The first-order chi connectivity index (χ1) is 10.4. The maximum atomic E-state index is 5.52. The Labute approximate surface area is 123 Å². The summed E-state index contributed by atoms with van der Waals surface area (Å²) < 4.78 is 12.9. The number of fused-ring (bicyclic) bond motifs is 2. The largest absolute Gasteiger partial charge is 0.454 e. The van der Waals surface area contributed by atoms with Gasteiger partial charge in [-0.3, -0.25) is 0 Å². The summed E-state index contributed by atoms with van der Waals surface area (Å²) in [5, 5.41) is 11.2. The van der Waals surface area contributed by atoms with E-state index in [-0.39, 0.29) is 0 Å². The number of nitrogens with one attached hydrogen (secondary N) is 2. The summed E-state index contributed by atoms with van der Waals surface area (Å²) in [5.74, 6) is 3.36. The molecule has 2 aromatic rings. The van der Waals surface area contributed by atoms with Gasteiger partial charge in [0.1, 0.15) is 5.82 Å². The summed E-state index contributed by atoms with van der Waals surface area (Å²) in [6.45, 7) is 3.98. The van der Waals surface area contributed by atoms with E-state index in [0.717, 1.165) is 49.1 Å². The lowest BCUT2D eigenvalue weighted by Crippen LogP contribution is -2.35. The van der Waals surface area contributed by atoms with Crippen molar-refractivity contribution in [2.24, 2.45) is 5.92 Å². The second-order valence-electron chi connectivity index (χ2n) is 5.43. The fourth-order valence-electron chi connectivity index (χ4n) is 2.86. The van der Waals surface area contributed by atoms with Crippen LogP contribution in [-0.2, 0) is 13.1 Å². The Bertz CT molecular complexity index is 640. The van der Waals surface area contributed by atoms with Crippen molar-refractivity contribution < 1.29 is 9.47 Å². The predicted molar refractivity (Wildman–Crippen MR) is 78.5 cm³/mol. The van der Waals surface area contributed by atoms with Gasteiger partial charge in [-0.25, -0.2) is 4.68 Å². The second-order valence-corrected chi connectivity index (χ2v) is 5.43. The first-order valence-electron chi connectivity index (χ1n) is 7.24.